The number of benzene rings is 4. The molecule has 0 radical (unpaired) electrons. The first-order valence-corrected chi connectivity index (χ1v) is 12.5. The smallest absolute Gasteiger partial charge is 0.195 e. The topological polar surface area (TPSA) is 17.1 Å². The summed E-state index contributed by atoms with van der Waals surface area (Å²) >= 11 is 6.56. The normalized spacial score (nSPS) is 11.8. The highest BCUT2D eigenvalue weighted by Gasteiger charge is 2.11. The highest BCUT2D eigenvalue weighted by molar-refractivity contribution is 14.1. The largest absolute Gasteiger partial charge is 0.289 e. The van der Waals surface area contributed by atoms with E-state index < -0.39 is 0 Å². The predicted octanol–water partition coefficient (Wildman–Crippen LogP) is 7.59. The van der Waals surface area contributed by atoms with Crippen LogP contribution in [0.25, 0.3) is 41.7 Å². The zero-order valence-corrected chi connectivity index (χ0v) is 19.4. The van der Waals surface area contributed by atoms with Crippen LogP contribution >= 0.6 is 56.5 Å². The molecule has 1 nitrogen and oxygen atoms in total. The van der Waals surface area contributed by atoms with Crippen molar-refractivity contribution in [2.24, 2.45) is 0 Å². The Morgan fingerprint density at radius 1 is 0.667 bits per heavy atom. The fourth-order valence-electron chi connectivity index (χ4n) is 3.74. The SMILES string of the molecule is O=c1c2ccccc2sc2cc3cc4c(CI)ccc(CI)c4cc3cc12. The second-order valence-corrected chi connectivity index (χ2v) is 9.28. The third kappa shape index (κ3) is 2.87. The lowest BCUT2D eigenvalue weighted by molar-refractivity contribution is 1.45. The standard InChI is InChI=1S/C23H14I2OS/c24-11-13-5-6-14(12-25)19-8-16-10-22-20(9-15(16)7-18(13)19)23(26)17-3-1-2-4-21(17)27-22/h1-10H,11-12H2. The van der Waals surface area contributed by atoms with Crippen LogP contribution in [0.5, 0.6) is 0 Å². The van der Waals surface area contributed by atoms with Crippen LogP contribution in [-0.4, -0.2) is 0 Å². The van der Waals surface area contributed by atoms with Crippen LogP contribution < -0.4 is 5.43 Å². The molecule has 5 aromatic rings. The zero-order valence-electron chi connectivity index (χ0n) is 14.3. The summed E-state index contributed by atoms with van der Waals surface area (Å²) in [6.07, 6.45) is 0. The molecule has 0 aliphatic heterocycles. The van der Waals surface area contributed by atoms with E-state index in [1.165, 1.54) is 27.3 Å². The Morgan fingerprint density at radius 2 is 1.26 bits per heavy atom. The maximum absolute atomic E-state index is 13.0. The monoisotopic (exact) mass is 592 g/mol. The lowest BCUT2D eigenvalue weighted by Gasteiger charge is -2.11. The van der Waals surface area contributed by atoms with E-state index in [0.29, 0.717) is 0 Å². The van der Waals surface area contributed by atoms with E-state index in [-0.39, 0.29) is 5.43 Å². The van der Waals surface area contributed by atoms with Crippen LogP contribution in [0.2, 0.25) is 0 Å². The summed E-state index contributed by atoms with van der Waals surface area (Å²) in [7, 11) is 0. The number of rotatable bonds is 2. The molecule has 1 heterocycles. The molecular weight excluding hydrogens is 578 g/mol. The minimum absolute atomic E-state index is 0.136. The first-order valence-electron chi connectivity index (χ1n) is 8.65. The van der Waals surface area contributed by atoms with Crippen molar-refractivity contribution >= 4 is 98.2 Å². The van der Waals surface area contributed by atoms with Crippen molar-refractivity contribution in [1.82, 2.24) is 0 Å². The van der Waals surface area contributed by atoms with Crippen molar-refractivity contribution in [3.8, 4) is 0 Å². The molecule has 4 aromatic carbocycles. The Hall–Kier alpha value is -1.25. The van der Waals surface area contributed by atoms with Crippen LogP contribution in [0.3, 0.4) is 0 Å². The number of alkyl halides is 2. The third-order valence-corrected chi connectivity index (χ3v) is 7.91. The van der Waals surface area contributed by atoms with Gasteiger partial charge in [-0.2, -0.15) is 0 Å². The van der Waals surface area contributed by atoms with Gasteiger partial charge in [-0.3, -0.25) is 4.79 Å². The molecule has 4 heteroatoms. The van der Waals surface area contributed by atoms with E-state index in [9.17, 15) is 4.79 Å². The van der Waals surface area contributed by atoms with Crippen molar-refractivity contribution in [3.05, 3.63) is 82.0 Å². The summed E-state index contributed by atoms with van der Waals surface area (Å²) in [5.74, 6) is 0. The van der Waals surface area contributed by atoms with Crippen molar-refractivity contribution in [2.75, 3.05) is 0 Å². The van der Waals surface area contributed by atoms with Crippen molar-refractivity contribution in [1.29, 1.82) is 0 Å². The van der Waals surface area contributed by atoms with Gasteiger partial charge in [-0.25, -0.2) is 0 Å². The Morgan fingerprint density at radius 3 is 1.93 bits per heavy atom. The van der Waals surface area contributed by atoms with Crippen LogP contribution in [0.15, 0.2) is 65.5 Å². The van der Waals surface area contributed by atoms with E-state index in [2.05, 4.69) is 81.6 Å². The predicted molar refractivity (Wildman–Crippen MR) is 136 cm³/mol. The van der Waals surface area contributed by atoms with Gasteiger partial charge < -0.3 is 0 Å². The Bertz CT molecular complexity index is 1420. The highest BCUT2D eigenvalue weighted by Crippen LogP contribution is 2.34. The Labute approximate surface area is 187 Å². The first-order chi connectivity index (χ1) is 13.2. The summed E-state index contributed by atoms with van der Waals surface area (Å²) in [5, 5.41) is 6.63. The molecular formula is C23H14I2OS. The van der Waals surface area contributed by atoms with Gasteiger partial charge >= 0.3 is 0 Å². The molecule has 0 spiro atoms. The molecule has 0 unspecified atom stereocenters. The number of hydrogen-bond donors (Lipinski definition) is 0. The average molecular weight is 592 g/mol. The molecule has 5 rings (SSSR count). The maximum Gasteiger partial charge on any atom is 0.195 e. The van der Waals surface area contributed by atoms with E-state index in [1.54, 1.807) is 11.3 Å². The van der Waals surface area contributed by atoms with E-state index in [4.69, 9.17) is 0 Å². The van der Waals surface area contributed by atoms with Gasteiger partial charge in [-0.15, -0.1) is 11.3 Å². The second-order valence-electron chi connectivity index (χ2n) is 6.67. The maximum atomic E-state index is 13.0. The molecule has 0 bridgehead atoms. The molecule has 0 N–H and O–H groups in total. The average Bonchev–Trinajstić information content (AvgIpc) is 2.70. The van der Waals surface area contributed by atoms with Crippen LogP contribution in [-0.2, 0) is 8.86 Å². The van der Waals surface area contributed by atoms with Gasteiger partial charge in [0.2, 0.25) is 0 Å². The molecule has 0 aliphatic carbocycles. The molecule has 0 atom stereocenters. The molecule has 0 aliphatic rings. The quantitative estimate of drug-likeness (QED) is 0.117. The van der Waals surface area contributed by atoms with E-state index in [1.807, 2.05) is 24.3 Å². The molecule has 0 saturated heterocycles. The Kier molecular flexibility index (Phi) is 4.60. The molecule has 0 fully saturated rings. The fraction of sp³-hybridized carbons (Fsp3) is 0.0870. The highest BCUT2D eigenvalue weighted by atomic mass is 127. The van der Waals surface area contributed by atoms with Crippen LogP contribution in [0.1, 0.15) is 11.1 Å². The van der Waals surface area contributed by atoms with Gasteiger partial charge in [-0.1, -0.05) is 69.4 Å². The van der Waals surface area contributed by atoms with Gasteiger partial charge in [0.1, 0.15) is 0 Å². The lowest BCUT2D eigenvalue weighted by Crippen LogP contribution is -2.00. The molecule has 0 saturated carbocycles. The summed E-state index contributed by atoms with van der Waals surface area (Å²) in [6.45, 7) is 0. The minimum Gasteiger partial charge on any atom is -0.289 e. The summed E-state index contributed by atoms with van der Waals surface area (Å²) in [5.41, 5.74) is 2.86. The summed E-state index contributed by atoms with van der Waals surface area (Å²) < 4.78 is 4.09. The molecule has 1 aromatic heterocycles. The van der Waals surface area contributed by atoms with Crippen molar-refractivity contribution in [2.45, 2.75) is 8.86 Å². The van der Waals surface area contributed by atoms with Crippen LogP contribution in [0, 0.1) is 0 Å². The first kappa shape index (κ1) is 17.8. The summed E-state index contributed by atoms with van der Waals surface area (Å²) in [6, 6.07) is 21.2. The van der Waals surface area contributed by atoms with E-state index in [0.717, 1.165) is 34.4 Å². The van der Waals surface area contributed by atoms with E-state index >= 15 is 0 Å². The van der Waals surface area contributed by atoms with Crippen molar-refractivity contribution in [3.63, 3.8) is 0 Å². The summed E-state index contributed by atoms with van der Waals surface area (Å²) in [4.78, 5) is 13.0. The van der Waals surface area contributed by atoms with Gasteiger partial charge in [-0.05, 0) is 69.1 Å². The molecule has 0 amide bonds. The molecule has 132 valence electrons. The van der Waals surface area contributed by atoms with Crippen molar-refractivity contribution < 1.29 is 0 Å². The number of hydrogen-bond acceptors (Lipinski definition) is 2. The lowest BCUT2D eigenvalue weighted by atomic mass is 9.96. The third-order valence-electron chi connectivity index (χ3n) is 5.14. The number of halogens is 2. The number of fused-ring (bicyclic) bond motifs is 4. The van der Waals surface area contributed by atoms with Gasteiger partial charge in [0.05, 0.1) is 0 Å². The second kappa shape index (κ2) is 6.97. The zero-order chi connectivity index (χ0) is 18.5. The van der Waals surface area contributed by atoms with Gasteiger partial charge in [0, 0.05) is 29.0 Å². The Balaban J connectivity index is 1.94. The minimum atomic E-state index is 0.136. The van der Waals surface area contributed by atoms with Gasteiger partial charge in [0.25, 0.3) is 0 Å². The van der Waals surface area contributed by atoms with Crippen LogP contribution in [0.4, 0.5) is 0 Å². The molecule has 27 heavy (non-hydrogen) atoms. The fourth-order valence-corrected chi connectivity index (χ4v) is 6.17. The van der Waals surface area contributed by atoms with Gasteiger partial charge in [0.15, 0.2) is 5.43 Å².